The Morgan fingerprint density at radius 2 is 0.870 bits per heavy atom. The Morgan fingerprint density at radius 1 is 0.239 bits per heavy atom. The summed E-state index contributed by atoms with van der Waals surface area (Å²) in [6.07, 6.45) is 0. The van der Waals surface area contributed by atoms with Crippen molar-refractivity contribution < 1.29 is 0 Å². The molecule has 1 aliphatic rings. The van der Waals surface area contributed by atoms with Gasteiger partial charge < -0.3 is 0 Å². The lowest BCUT2D eigenvalue weighted by Gasteiger charge is -2.18. The second kappa shape index (κ2) is 9.76. The van der Waals surface area contributed by atoms with Crippen molar-refractivity contribution in [3.8, 4) is 55.6 Å². The van der Waals surface area contributed by atoms with Crippen molar-refractivity contribution >= 4 is 43.1 Å². The van der Waals surface area contributed by atoms with E-state index >= 15 is 0 Å². The molecule has 46 heavy (non-hydrogen) atoms. The topological polar surface area (TPSA) is 0 Å². The maximum absolute atomic E-state index is 2.45. The van der Waals surface area contributed by atoms with Gasteiger partial charge in [0.05, 0.1) is 0 Å². The second-order valence-corrected chi connectivity index (χ2v) is 12.4. The smallest absolute Gasteiger partial charge is 0.00201 e. The Labute approximate surface area is 267 Å². The van der Waals surface area contributed by atoms with Crippen LogP contribution in [0.1, 0.15) is 0 Å². The molecule has 0 N–H and O–H groups in total. The quantitative estimate of drug-likeness (QED) is 0.144. The predicted octanol–water partition coefficient (Wildman–Crippen LogP) is 12.9. The van der Waals surface area contributed by atoms with Crippen LogP contribution < -0.4 is 0 Å². The molecule has 0 atom stereocenters. The maximum Gasteiger partial charge on any atom is -0.00201 e. The van der Waals surface area contributed by atoms with Gasteiger partial charge in [-0.05, 0) is 111 Å². The van der Waals surface area contributed by atoms with Crippen LogP contribution >= 0.6 is 0 Å². The number of benzene rings is 9. The summed E-state index contributed by atoms with van der Waals surface area (Å²) in [5.74, 6) is 0. The SMILES string of the molecule is c1ccc(-c2ccc(-c3c4ccccc4cc4c3ccc3ccccc34)cc2-c2ccc3c4c(cccc24)-c2ccccc2-3)cc1. The Kier molecular flexibility index (Phi) is 5.38. The molecule has 10 rings (SSSR count). The van der Waals surface area contributed by atoms with Crippen molar-refractivity contribution in [3.05, 3.63) is 170 Å². The second-order valence-electron chi connectivity index (χ2n) is 12.4. The Balaban J connectivity index is 1.30. The van der Waals surface area contributed by atoms with Gasteiger partial charge in [0.15, 0.2) is 0 Å². The summed E-state index contributed by atoms with van der Waals surface area (Å²) in [7, 11) is 0. The third kappa shape index (κ3) is 3.62. The van der Waals surface area contributed by atoms with Crippen LogP contribution in [0, 0.1) is 0 Å². The molecular formula is C46H28. The van der Waals surface area contributed by atoms with Crippen LogP contribution in [0.3, 0.4) is 0 Å². The van der Waals surface area contributed by atoms with E-state index in [0.29, 0.717) is 0 Å². The zero-order chi connectivity index (χ0) is 30.2. The molecule has 0 fully saturated rings. The third-order valence-electron chi connectivity index (χ3n) is 10.0. The monoisotopic (exact) mass is 580 g/mol. The fourth-order valence-electron chi connectivity index (χ4n) is 7.97. The molecule has 0 aliphatic heterocycles. The molecule has 0 saturated carbocycles. The molecule has 212 valence electrons. The van der Waals surface area contributed by atoms with Gasteiger partial charge in [0.25, 0.3) is 0 Å². The highest BCUT2D eigenvalue weighted by Gasteiger charge is 2.23. The standard InChI is InChI=1S/C46H28/c1-2-11-29(12-3-1)34-23-22-32(45-35-16-7-5-14-31(35)27-44-33-15-6-4-13-30(33)21-24-42(44)45)28-43(34)38-25-26-41-37-18-9-8-17-36(37)39-19-10-20-40(38)46(39)41/h1-28H. The van der Waals surface area contributed by atoms with E-state index in [1.165, 1.54) is 98.7 Å². The van der Waals surface area contributed by atoms with Gasteiger partial charge in [-0.15, -0.1) is 0 Å². The average molecular weight is 581 g/mol. The van der Waals surface area contributed by atoms with Crippen molar-refractivity contribution in [2.75, 3.05) is 0 Å². The lowest BCUT2D eigenvalue weighted by molar-refractivity contribution is 1.59. The minimum Gasteiger partial charge on any atom is -0.0622 e. The summed E-state index contributed by atoms with van der Waals surface area (Å²) < 4.78 is 0. The van der Waals surface area contributed by atoms with Crippen molar-refractivity contribution in [3.63, 3.8) is 0 Å². The van der Waals surface area contributed by atoms with Crippen molar-refractivity contribution in [1.82, 2.24) is 0 Å². The van der Waals surface area contributed by atoms with Crippen LogP contribution in [-0.4, -0.2) is 0 Å². The molecule has 0 unspecified atom stereocenters. The van der Waals surface area contributed by atoms with E-state index in [2.05, 4.69) is 170 Å². The Hall–Kier alpha value is -5.98. The van der Waals surface area contributed by atoms with Crippen LogP contribution in [0.5, 0.6) is 0 Å². The average Bonchev–Trinajstić information content (AvgIpc) is 3.46. The van der Waals surface area contributed by atoms with E-state index in [0.717, 1.165) is 0 Å². The fraction of sp³-hybridized carbons (Fsp3) is 0. The zero-order valence-electron chi connectivity index (χ0n) is 25.2. The molecule has 1 aliphatic carbocycles. The predicted molar refractivity (Wildman–Crippen MR) is 197 cm³/mol. The summed E-state index contributed by atoms with van der Waals surface area (Å²) in [5.41, 5.74) is 12.8. The van der Waals surface area contributed by atoms with E-state index in [1.807, 2.05) is 0 Å². The highest BCUT2D eigenvalue weighted by molar-refractivity contribution is 6.22. The summed E-state index contributed by atoms with van der Waals surface area (Å²) in [5, 5.41) is 10.3. The normalized spacial score (nSPS) is 11.9. The molecule has 0 heterocycles. The first kappa shape index (κ1) is 25.4. The number of rotatable bonds is 3. The first-order valence-corrected chi connectivity index (χ1v) is 16.0. The first-order chi connectivity index (χ1) is 22.8. The maximum atomic E-state index is 2.45. The van der Waals surface area contributed by atoms with E-state index in [9.17, 15) is 0 Å². The lowest BCUT2D eigenvalue weighted by Crippen LogP contribution is -1.92. The van der Waals surface area contributed by atoms with E-state index in [1.54, 1.807) is 0 Å². The molecular weight excluding hydrogens is 553 g/mol. The third-order valence-corrected chi connectivity index (χ3v) is 10.0. The summed E-state index contributed by atoms with van der Waals surface area (Å²) in [6, 6.07) is 62.8. The van der Waals surface area contributed by atoms with Gasteiger partial charge in [-0.2, -0.15) is 0 Å². The van der Waals surface area contributed by atoms with Gasteiger partial charge in [-0.1, -0.05) is 158 Å². The largest absolute Gasteiger partial charge is 0.0622 e. The molecule has 0 bridgehead atoms. The van der Waals surface area contributed by atoms with Crippen molar-refractivity contribution in [2.45, 2.75) is 0 Å². The van der Waals surface area contributed by atoms with Gasteiger partial charge in [0.1, 0.15) is 0 Å². The summed E-state index contributed by atoms with van der Waals surface area (Å²) in [6.45, 7) is 0. The summed E-state index contributed by atoms with van der Waals surface area (Å²) in [4.78, 5) is 0. The molecule has 0 saturated heterocycles. The van der Waals surface area contributed by atoms with E-state index in [-0.39, 0.29) is 0 Å². The molecule has 9 aromatic rings. The van der Waals surface area contributed by atoms with E-state index in [4.69, 9.17) is 0 Å². The Bertz CT molecular complexity index is 2650. The van der Waals surface area contributed by atoms with Crippen molar-refractivity contribution in [2.24, 2.45) is 0 Å². The highest BCUT2D eigenvalue weighted by atomic mass is 14.3. The summed E-state index contributed by atoms with van der Waals surface area (Å²) >= 11 is 0. The fourth-order valence-corrected chi connectivity index (χ4v) is 7.97. The molecule has 9 aromatic carbocycles. The van der Waals surface area contributed by atoms with Gasteiger partial charge >= 0.3 is 0 Å². The lowest BCUT2D eigenvalue weighted by atomic mass is 9.85. The Morgan fingerprint density at radius 3 is 1.72 bits per heavy atom. The molecule has 0 amide bonds. The van der Waals surface area contributed by atoms with Gasteiger partial charge in [-0.25, -0.2) is 0 Å². The number of fused-ring (bicyclic) bond motifs is 7. The molecule has 0 aromatic heterocycles. The first-order valence-electron chi connectivity index (χ1n) is 16.0. The van der Waals surface area contributed by atoms with Crippen LogP contribution in [0.25, 0.3) is 98.7 Å². The van der Waals surface area contributed by atoms with Crippen LogP contribution in [-0.2, 0) is 0 Å². The minimum atomic E-state index is 1.23. The molecule has 0 nitrogen and oxygen atoms in total. The highest BCUT2D eigenvalue weighted by Crippen LogP contribution is 2.51. The van der Waals surface area contributed by atoms with Crippen LogP contribution in [0.15, 0.2) is 170 Å². The van der Waals surface area contributed by atoms with Crippen LogP contribution in [0.4, 0.5) is 0 Å². The minimum absolute atomic E-state index is 1.23. The molecule has 0 heteroatoms. The van der Waals surface area contributed by atoms with Gasteiger partial charge in [0.2, 0.25) is 0 Å². The molecule has 0 radical (unpaired) electrons. The zero-order valence-corrected chi connectivity index (χ0v) is 25.2. The van der Waals surface area contributed by atoms with E-state index < -0.39 is 0 Å². The molecule has 0 spiro atoms. The van der Waals surface area contributed by atoms with Crippen LogP contribution in [0.2, 0.25) is 0 Å². The van der Waals surface area contributed by atoms with Gasteiger partial charge in [0, 0.05) is 0 Å². The van der Waals surface area contributed by atoms with Crippen molar-refractivity contribution in [1.29, 1.82) is 0 Å². The number of hydrogen-bond acceptors (Lipinski definition) is 0. The van der Waals surface area contributed by atoms with Gasteiger partial charge in [-0.3, -0.25) is 0 Å². The number of hydrogen-bond donors (Lipinski definition) is 0.